The Labute approximate surface area is 207 Å². The second-order valence-corrected chi connectivity index (χ2v) is 9.76. The molecule has 1 aliphatic carbocycles. The molecule has 2 aliphatic heterocycles. The highest BCUT2D eigenvalue weighted by atomic mass is 79.9. The molecule has 176 valence electrons. The number of halogens is 1. The van der Waals surface area contributed by atoms with Crippen molar-refractivity contribution in [1.29, 1.82) is 0 Å². The van der Waals surface area contributed by atoms with Gasteiger partial charge in [-0.15, -0.1) is 0 Å². The van der Waals surface area contributed by atoms with Crippen LogP contribution in [-0.2, 0) is 14.3 Å². The molecule has 3 aliphatic rings. The normalized spacial score (nSPS) is 23.4. The lowest BCUT2D eigenvalue weighted by atomic mass is 9.69. The maximum absolute atomic E-state index is 13.7. The number of carbonyl (C=O) groups excluding carboxylic acids is 2. The minimum Gasteiger partial charge on any atom is -0.465 e. The fourth-order valence-corrected chi connectivity index (χ4v) is 5.69. The summed E-state index contributed by atoms with van der Waals surface area (Å²) in [5.74, 6) is -0.226. The minimum absolute atomic E-state index is 0.0224. The smallest absolute Gasteiger partial charge is 0.315 e. The summed E-state index contributed by atoms with van der Waals surface area (Å²) in [6, 6.07) is 13.8. The highest BCUT2D eigenvalue weighted by molar-refractivity contribution is 9.10. The number of hydrogen-bond donors (Lipinski definition) is 0. The van der Waals surface area contributed by atoms with E-state index < -0.39 is 11.8 Å². The Morgan fingerprint density at radius 1 is 1.15 bits per heavy atom. The summed E-state index contributed by atoms with van der Waals surface area (Å²) >= 11 is 3.66. The van der Waals surface area contributed by atoms with Crippen LogP contribution in [0.2, 0.25) is 0 Å². The van der Waals surface area contributed by atoms with E-state index >= 15 is 0 Å². The molecule has 2 aromatic carbocycles. The Bertz CT molecular complexity index is 1200. The Morgan fingerprint density at radius 3 is 2.62 bits per heavy atom. The lowest BCUT2D eigenvalue weighted by Crippen LogP contribution is -2.38. The molecule has 2 aromatic rings. The van der Waals surface area contributed by atoms with Crippen molar-refractivity contribution in [2.75, 3.05) is 13.4 Å². The monoisotopic (exact) mass is 523 g/mol. The minimum atomic E-state index is -0.681. The predicted octanol–water partition coefficient (Wildman–Crippen LogP) is 5.71. The molecule has 0 spiro atoms. The Morgan fingerprint density at radius 2 is 1.88 bits per heavy atom. The van der Waals surface area contributed by atoms with Crippen molar-refractivity contribution in [3.05, 3.63) is 69.3 Å². The van der Waals surface area contributed by atoms with E-state index in [9.17, 15) is 9.59 Å². The first kappa shape index (κ1) is 22.8. The number of Topliss-reactive ketones (excluding diaryl/α,β-unsaturated/α-hetero) is 1. The lowest BCUT2D eigenvalue weighted by Gasteiger charge is -2.37. The first-order valence-corrected chi connectivity index (χ1v) is 12.4. The van der Waals surface area contributed by atoms with Gasteiger partial charge in [0.1, 0.15) is 5.92 Å². The first-order chi connectivity index (χ1) is 16.5. The van der Waals surface area contributed by atoms with Crippen LogP contribution in [0.15, 0.2) is 63.2 Å². The van der Waals surface area contributed by atoms with Crippen LogP contribution in [-0.4, -0.2) is 30.9 Å². The molecule has 2 heterocycles. The summed E-state index contributed by atoms with van der Waals surface area (Å²) in [5.41, 5.74) is 3.96. The molecule has 5 rings (SSSR count). The van der Waals surface area contributed by atoms with Crippen molar-refractivity contribution in [3.63, 3.8) is 0 Å². The summed E-state index contributed by atoms with van der Waals surface area (Å²) in [4.78, 5) is 31.8. The highest BCUT2D eigenvalue weighted by Crippen LogP contribution is 2.50. The van der Waals surface area contributed by atoms with Gasteiger partial charge in [0.05, 0.1) is 6.61 Å². The number of ether oxygens (including phenoxy) is 3. The second kappa shape index (κ2) is 9.37. The number of ketones is 1. The number of esters is 1. The van der Waals surface area contributed by atoms with E-state index in [-0.39, 0.29) is 24.5 Å². The molecule has 0 amide bonds. The van der Waals surface area contributed by atoms with Gasteiger partial charge in [-0.2, -0.15) is 0 Å². The Kier molecular flexibility index (Phi) is 6.30. The Hall–Kier alpha value is -2.93. The molecule has 0 aromatic heterocycles. The largest absolute Gasteiger partial charge is 0.465 e. The van der Waals surface area contributed by atoms with Gasteiger partial charge in [-0.05, 0) is 48.9 Å². The molecular weight excluding hydrogens is 498 g/mol. The third kappa shape index (κ3) is 4.06. The van der Waals surface area contributed by atoms with Gasteiger partial charge in [-0.1, -0.05) is 53.2 Å². The number of fused-ring (bicyclic) bond motifs is 1. The summed E-state index contributed by atoms with van der Waals surface area (Å²) < 4.78 is 17.5. The lowest BCUT2D eigenvalue weighted by molar-refractivity contribution is -0.146. The molecule has 34 heavy (non-hydrogen) atoms. The number of carbonyl (C=O) groups is 2. The molecule has 6 nitrogen and oxygen atoms in total. The number of rotatable bonds is 5. The van der Waals surface area contributed by atoms with Gasteiger partial charge in [0.15, 0.2) is 17.3 Å². The average molecular weight is 524 g/mol. The van der Waals surface area contributed by atoms with Crippen molar-refractivity contribution >= 4 is 33.4 Å². The zero-order chi connectivity index (χ0) is 23.8. The zero-order valence-corrected chi connectivity index (χ0v) is 20.8. The van der Waals surface area contributed by atoms with Crippen LogP contribution in [0.5, 0.6) is 11.5 Å². The van der Waals surface area contributed by atoms with E-state index in [0.29, 0.717) is 42.2 Å². The number of nitrogens with zero attached hydrogens (tertiary/aromatic N) is 1. The molecule has 3 atom stereocenters. The van der Waals surface area contributed by atoms with Crippen LogP contribution in [0.25, 0.3) is 0 Å². The zero-order valence-electron chi connectivity index (χ0n) is 19.2. The molecule has 0 saturated heterocycles. The standard InChI is InChI=1S/C27H26BrNO5/c1-3-9-32-27(31)24-15(2)29-20-10-17(16-7-5-4-6-8-16)11-21(30)26(20)25(24)18-12-22-23(13-19(18)28)34-14-33-22/h4-8,12-13,17,24-25H,3,9-11,14H2,1-2H3/t17-,24?,25-/m1/s1. The third-order valence-corrected chi connectivity index (χ3v) is 7.38. The van der Waals surface area contributed by atoms with E-state index in [1.807, 2.05) is 44.2 Å². The van der Waals surface area contributed by atoms with Crippen LogP contribution in [0.4, 0.5) is 0 Å². The summed E-state index contributed by atoms with van der Waals surface area (Å²) in [7, 11) is 0. The SMILES string of the molecule is CCCOC(=O)C1C(C)=NC2=C(C(=O)C[C@H](c3ccccc3)C2)[C@@H]1c1cc2c(cc1Br)OCO2. The van der Waals surface area contributed by atoms with Crippen LogP contribution >= 0.6 is 15.9 Å². The van der Waals surface area contributed by atoms with Gasteiger partial charge < -0.3 is 14.2 Å². The van der Waals surface area contributed by atoms with Crippen molar-refractivity contribution in [3.8, 4) is 11.5 Å². The van der Waals surface area contributed by atoms with Gasteiger partial charge in [0.2, 0.25) is 6.79 Å². The predicted molar refractivity (Wildman–Crippen MR) is 131 cm³/mol. The Balaban J connectivity index is 1.62. The van der Waals surface area contributed by atoms with Crippen LogP contribution in [0.3, 0.4) is 0 Å². The molecule has 0 fully saturated rings. The number of aliphatic imine (C=N–C) groups is 1. The fraction of sp³-hybridized carbons (Fsp3) is 0.370. The average Bonchev–Trinajstić information content (AvgIpc) is 3.28. The van der Waals surface area contributed by atoms with Crippen molar-refractivity contribution in [2.24, 2.45) is 10.9 Å². The third-order valence-electron chi connectivity index (χ3n) is 6.69. The van der Waals surface area contributed by atoms with Gasteiger partial charge in [0, 0.05) is 33.8 Å². The number of hydrogen-bond acceptors (Lipinski definition) is 6. The van der Waals surface area contributed by atoms with Crippen LogP contribution in [0.1, 0.15) is 56.1 Å². The molecule has 1 unspecified atom stereocenters. The maximum atomic E-state index is 13.7. The van der Waals surface area contributed by atoms with Crippen molar-refractivity contribution in [2.45, 2.75) is 44.9 Å². The van der Waals surface area contributed by atoms with E-state index in [2.05, 4.69) is 28.1 Å². The first-order valence-electron chi connectivity index (χ1n) is 11.6. The van der Waals surface area contributed by atoms with Crippen molar-refractivity contribution in [1.82, 2.24) is 0 Å². The van der Waals surface area contributed by atoms with Gasteiger partial charge in [0.25, 0.3) is 0 Å². The molecular formula is C27H26BrNO5. The molecule has 7 heteroatoms. The fourth-order valence-electron chi connectivity index (χ4n) is 5.13. The summed E-state index contributed by atoms with van der Waals surface area (Å²) in [6.45, 7) is 4.28. The molecule has 0 N–H and O–H groups in total. The second-order valence-electron chi connectivity index (χ2n) is 8.90. The van der Waals surface area contributed by atoms with Crippen molar-refractivity contribution < 1.29 is 23.8 Å². The van der Waals surface area contributed by atoms with Gasteiger partial charge in [-0.25, -0.2) is 0 Å². The summed E-state index contributed by atoms with van der Waals surface area (Å²) in [5, 5.41) is 0. The van der Waals surface area contributed by atoms with Crippen LogP contribution in [0, 0.1) is 5.92 Å². The van der Waals surface area contributed by atoms with E-state index in [0.717, 1.165) is 27.7 Å². The molecule has 0 bridgehead atoms. The van der Waals surface area contributed by atoms with Crippen LogP contribution < -0.4 is 9.47 Å². The van der Waals surface area contributed by atoms with Gasteiger partial charge >= 0.3 is 5.97 Å². The molecule has 0 radical (unpaired) electrons. The quantitative estimate of drug-likeness (QED) is 0.469. The number of allylic oxidation sites excluding steroid dienone is 2. The van der Waals surface area contributed by atoms with E-state index in [4.69, 9.17) is 19.2 Å². The van der Waals surface area contributed by atoms with E-state index in [1.165, 1.54) is 0 Å². The molecule has 0 saturated carbocycles. The highest BCUT2D eigenvalue weighted by Gasteiger charge is 2.45. The maximum Gasteiger partial charge on any atom is 0.315 e. The summed E-state index contributed by atoms with van der Waals surface area (Å²) in [6.07, 6.45) is 1.75. The van der Waals surface area contributed by atoms with E-state index in [1.54, 1.807) is 0 Å². The number of benzene rings is 2. The van der Waals surface area contributed by atoms with Gasteiger partial charge in [-0.3, -0.25) is 14.6 Å². The topological polar surface area (TPSA) is 74.2 Å².